The highest BCUT2D eigenvalue weighted by Gasteiger charge is 2.17. The molecule has 1 aromatic rings. The molecule has 0 N–H and O–H groups in total. The molecule has 3 heteroatoms. The Balaban J connectivity index is 3.00. The van der Waals surface area contributed by atoms with Gasteiger partial charge in [-0.05, 0) is 26.0 Å². The van der Waals surface area contributed by atoms with Gasteiger partial charge in [0, 0.05) is 6.20 Å². The zero-order valence-electron chi connectivity index (χ0n) is 8.11. The van der Waals surface area contributed by atoms with Gasteiger partial charge in [-0.2, -0.15) is 5.26 Å². The molecule has 1 heterocycles. The molecule has 0 aliphatic rings. The van der Waals surface area contributed by atoms with Crippen LogP contribution in [0.2, 0.25) is 0 Å². The Labute approximate surface area is 83.3 Å². The molecule has 0 aliphatic carbocycles. The van der Waals surface area contributed by atoms with Crippen molar-refractivity contribution in [1.29, 1.82) is 5.26 Å². The zero-order chi connectivity index (χ0) is 10.6. The van der Waals surface area contributed by atoms with Crippen molar-refractivity contribution in [2.75, 3.05) is 0 Å². The first-order valence-corrected chi connectivity index (χ1v) is 4.11. The van der Waals surface area contributed by atoms with Crippen LogP contribution in [-0.4, -0.2) is 10.6 Å². The zero-order valence-corrected chi connectivity index (χ0v) is 8.11. The van der Waals surface area contributed by atoms with Crippen LogP contribution >= 0.6 is 0 Å². The van der Waals surface area contributed by atoms with Gasteiger partial charge in [-0.25, -0.2) is 4.98 Å². The third kappa shape index (κ3) is 2.24. The van der Waals surface area contributed by atoms with Crippen molar-refractivity contribution in [2.45, 2.75) is 19.4 Å². The minimum atomic E-state index is -0.728. The van der Waals surface area contributed by atoms with E-state index in [4.69, 9.17) is 16.4 Å². The lowest BCUT2D eigenvalue weighted by molar-refractivity contribution is 0.171. The number of nitrogens with zero attached hydrogens (tertiary/aromatic N) is 2. The van der Waals surface area contributed by atoms with Gasteiger partial charge in [0.25, 0.3) is 0 Å². The lowest BCUT2D eigenvalue weighted by atomic mass is 10.1. The molecule has 0 amide bonds. The van der Waals surface area contributed by atoms with E-state index in [0.29, 0.717) is 5.75 Å². The molecule has 0 unspecified atom stereocenters. The van der Waals surface area contributed by atoms with Gasteiger partial charge in [-0.15, -0.1) is 6.42 Å². The van der Waals surface area contributed by atoms with E-state index in [1.165, 1.54) is 6.20 Å². The maximum Gasteiger partial charge on any atom is 0.182 e. The second-order valence-electron chi connectivity index (χ2n) is 3.22. The number of aromatic nitrogens is 1. The van der Waals surface area contributed by atoms with E-state index in [2.05, 4.69) is 10.9 Å². The number of pyridine rings is 1. The first kappa shape index (κ1) is 10.1. The normalized spacial score (nSPS) is 10.0. The largest absolute Gasteiger partial charge is 0.472 e. The van der Waals surface area contributed by atoms with E-state index >= 15 is 0 Å². The van der Waals surface area contributed by atoms with E-state index in [0.717, 1.165) is 0 Å². The van der Waals surface area contributed by atoms with Gasteiger partial charge in [0.1, 0.15) is 6.07 Å². The molecule has 3 nitrogen and oxygen atoms in total. The van der Waals surface area contributed by atoms with Gasteiger partial charge in [-0.1, -0.05) is 5.92 Å². The maximum absolute atomic E-state index is 8.74. The predicted octanol–water partition coefficient (Wildman–Crippen LogP) is 1.74. The van der Waals surface area contributed by atoms with E-state index < -0.39 is 5.60 Å². The minimum Gasteiger partial charge on any atom is -0.472 e. The minimum absolute atomic E-state index is 0.246. The average molecular weight is 186 g/mol. The molecule has 1 rings (SSSR count). The molecule has 70 valence electrons. The third-order valence-corrected chi connectivity index (χ3v) is 1.59. The van der Waals surface area contributed by atoms with Crippen LogP contribution < -0.4 is 4.74 Å². The molecule has 0 spiro atoms. The number of hydrogen-bond acceptors (Lipinski definition) is 3. The van der Waals surface area contributed by atoms with Crippen LogP contribution in [0.25, 0.3) is 0 Å². The molecule has 0 fully saturated rings. The average Bonchev–Trinajstić information content (AvgIpc) is 2.18. The van der Waals surface area contributed by atoms with E-state index in [-0.39, 0.29) is 5.69 Å². The van der Waals surface area contributed by atoms with E-state index in [1.54, 1.807) is 26.0 Å². The van der Waals surface area contributed by atoms with Crippen molar-refractivity contribution < 1.29 is 4.74 Å². The molecule has 0 bridgehead atoms. The number of ether oxygens (including phenoxy) is 1. The van der Waals surface area contributed by atoms with Crippen LogP contribution in [0.3, 0.4) is 0 Å². The second kappa shape index (κ2) is 3.81. The van der Waals surface area contributed by atoms with Gasteiger partial charge < -0.3 is 4.74 Å². The molecular weight excluding hydrogens is 176 g/mol. The standard InChI is InChI=1S/C11H10N2O/c1-4-11(2,3)14-10-6-5-7-13-9(10)8-12/h1,5-7H,2-3H3. The number of nitriles is 1. The summed E-state index contributed by atoms with van der Waals surface area (Å²) in [6.07, 6.45) is 6.80. The SMILES string of the molecule is C#CC(C)(C)Oc1cccnc1C#N. The number of rotatable bonds is 2. The van der Waals surface area contributed by atoms with Crippen LogP contribution in [0.4, 0.5) is 0 Å². The topological polar surface area (TPSA) is 45.9 Å². The fraction of sp³-hybridized carbons (Fsp3) is 0.273. The van der Waals surface area contributed by atoms with Crippen LogP contribution in [0.1, 0.15) is 19.5 Å². The van der Waals surface area contributed by atoms with Gasteiger partial charge in [0.2, 0.25) is 0 Å². The molecule has 0 saturated carbocycles. The summed E-state index contributed by atoms with van der Waals surface area (Å²) < 4.78 is 5.45. The molecule has 0 radical (unpaired) electrons. The molecule has 14 heavy (non-hydrogen) atoms. The van der Waals surface area contributed by atoms with Crippen molar-refractivity contribution in [2.24, 2.45) is 0 Å². The maximum atomic E-state index is 8.74. The van der Waals surface area contributed by atoms with Gasteiger partial charge in [0.05, 0.1) is 0 Å². The molecule has 1 aromatic heterocycles. The number of hydrogen-bond donors (Lipinski definition) is 0. The first-order valence-electron chi connectivity index (χ1n) is 4.11. The quantitative estimate of drug-likeness (QED) is 0.661. The molecular formula is C11H10N2O. The lowest BCUT2D eigenvalue weighted by Gasteiger charge is -2.20. The molecule has 0 aliphatic heterocycles. The van der Waals surface area contributed by atoms with Gasteiger partial charge in [-0.3, -0.25) is 0 Å². The first-order chi connectivity index (χ1) is 6.59. The van der Waals surface area contributed by atoms with Crippen molar-refractivity contribution in [3.05, 3.63) is 24.0 Å². The Morgan fingerprint density at radius 1 is 1.57 bits per heavy atom. The lowest BCUT2D eigenvalue weighted by Crippen LogP contribution is -2.26. The van der Waals surface area contributed by atoms with Crippen molar-refractivity contribution in [3.63, 3.8) is 0 Å². The van der Waals surface area contributed by atoms with Crippen LogP contribution in [0.5, 0.6) is 5.75 Å². The van der Waals surface area contributed by atoms with Gasteiger partial charge in [0.15, 0.2) is 17.0 Å². The van der Waals surface area contributed by atoms with E-state index in [9.17, 15) is 0 Å². The fourth-order valence-corrected chi connectivity index (χ4v) is 0.861. The summed E-state index contributed by atoms with van der Waals surface area (Å²) >= 11 is 0. The van der Waals surface area contributed by atoms with Gasteiger partial charge >= 0.3 is 0 Å². The Hall–Kier alpha value is -2.00. The Morgan fingerprint density at radius 3 is 2.86 bits per heavy atom. The Bertz CT molecular complexity index is 410. The Morgan fingerprint density at radius 2 is 2.29 bits per heavy atom. The highest BCUT2D eigenvalue weighted by molar-refractivity contribution is 5.37. The van der Waals surface area contributed by atoms with Crippen molar-refractivity contribution in [3.8, 4) is 24.2 Å². The predicted molar refractivity (Wildman–Crippen MR) is 52.5 cm³/mol. The highest BCUT2D eigenvalue weighted by atomic mass is 16.5. The van der Waals surface area contributed by atoms with Crippen molar-refractivity contribution >= 4 is 0 Å². The molecule has 0 saturated heterocycles. The van der Waals surface area contributed by atoms with Crippen LogP contribution in [-0.2, 0) is 0 Å². The molecule has 0 aromatic carbocycles. The summed E-state index contributed by atoms with van der Waals surface area (Å²) in [6.45, 7) is 3.50. The smallest absolute Gasteiger partial charge is 0.182 e. The summed E-state index contributed by atoms with van der Waals surface area (Å²) in [7, 11) is 0. The third-order valence-electron chi connectivity index (χ3n) is 1.59. The summed E-state index contributed by atoms with van der Waals surface area (Å²) in [5, 5.41) is 8.74. The number of terminal acetylenes is 1. The Kier molecular flexibility index (Phi) is 2.74. The summed E-state index contributed by atoms with van der Waals surface area (Å²) in [4.78, 5) is 3.86. The summed E-state index contributed by atoms with van der Waals surface area (Å²) in [5.41, 5.74) is -0.481. The fourth-order valence-electron chi connectivity index (χ4n) is 0.861. The van der Waals surface area contributed by atoms with E-state index in [1.807, 2.05) is 6.07 Å². The highest BCUT2D eigenvalue weighted by Crippen LogP contribution is 2.19. The van der Waals surface area contributed by atoms with Crippen LogP contribution in [0.15, 0.2) is 18.3 Å². The second-order valence-corrected chi connectivity index (χ2v) is 3.22. The summed E-state index contributed by atoms with van der Waals surface area (Å²) in [5.74, 6) is 2.90. The molecule has 0 atom stereocenters. The monoisotopic (exact) mass is 186 g/mol. The van der Waals surface area contributed by atoms with Crippen LogP contribution in [0, 0.1) is 23.7 Å². The summed E-state index contributed by atoms with van der Waals surface area (Å²) in [6, 6.07) is 5.31. The van der Waals surface area contributed by atoms with Crippen molar-refractivity contribution in [1.82, 2.24) is 4.98 Å².